The Balaban J connectivity index is 0.00000400. The van der Waals surface area contributed by atoms with Gasteiger partial charge in [0.2, 0.25) is 5.91 Å². The maximum atomic E-state index is 14.2. The molecule has 0 aliphatic carbocycles. The van der Waals surface area contributed by atoms with E-state index in [0.29, 0.717) is 36.7 Å². The van der Waals surface area contributed by atoms with Crippen molar-refractivity contribution >= 4 is 41.5 Å². The van der Waals surface area contributed by atoms with Crippen molar-refractivity contribution in [1.29, 1.82) is 0 Å². The topological polar surface area (TPSA) is 123 Å². The molecule has 0 saturated carbocycles. The fraction of sp³-hybridized carbons (Fsp3) is 0.344. The summed E-state index contributed by atoms with van der Waals surface area (Å²) in [7, 11) is 0. The molecule has 2 aromatic carbocycles. The minimum absolute atomic E-state index is 0. The third-order valence-electron chi connectivity index (χ3n) is 7.51. The van der Waals surface area contributed by atoms with Crippen LogP contribution in [0.4, 0.5) is 10.6 Å². The Morgan fingerprint density at radius 2 is 1.69 bits per heavy atom. The van der Waals surface area contributed by atoms with Crippen LogP contribution in [0.2, 0.25) is 0 Å². The molecule has 11 nitrogen and oxygen atoms in total. The molecule has 2 atom stereocenters. The van der Waals surface area contributed by atoms with E-state index in [2.05, 4.69) is 10.6 Å². The molecule has 0 bridgehead atoms. The summed E-state index contributed by atoms with van der Waals surface area (Å²) in [6, 6.07) is 19.9. The van der Waals surface area contributed by atoms with E-state index in [0.717, 1.165) is 11.1 Å². The van der Waals surface area contributed by atoms with Gasteiger partial charge in [-0.25, -0.2) is 9.59 Å². The molecule has 13 heteroatoms. The minimum Gasteiger partial charge on any atom is -1.00 e. The van der Waals surface area contributed by atoms with Gasteiger partial charge in [-0.15, -0.1) is 21.1 Å². The number of alkyl carbamates (subject to hydrolysis) is 1. The van der Waals surface area contributed by atoms with Gasteiger partial charge in [-0.3, -0.25) is 14.5 Å². The highest BCUT2D eigenvalue weighted by atomic mass is 127. The van der Waals surface area contributed by atoms with E-state index >= 15 is 0 Å². The molecule has 236 valence electrons. The third-order valence-corrected chi connectivity index (χ3v) is 8.85. The van der Waals surface area contributed by atoms with E-state index in [4.69, 9.17) is 9.47 Å². The van der Waals surface area contributed by atoms with Crippen molar-refractivity contribution in [3.05, 3.63) is 95.3 Å². The van der Waals surface area contributed by atoms with Gasteiger partial charge in [-0.05, 0) is 31.9 Å². The molecule has 1 fully saturated rings. The standard InChI is InChI=1S/C32H33N5O6S.HI/c1-32(2,3)43-31(41)34-25-28(39)37-26(30(40)42-27(20-10-6-4-7-11-20)21-12-8-5-9-13-21)22(19-44-29(25)37)18-35-16-14-23-33-24(38)15-17-36(23)35;/h4-14,16,25,27,29H,15,17-19H2,1-3H3,(H,34,41);1H/t25-,29-;/m1./s1. The molecule has 3 aliphatic heterocycles. The lowest BCUT2D eigenvalue weighted by atomic mass is 10.0. The van der Waals surface area contributed by atoms with Crippen LogP contribution in [0.25, 0.3) is 0 Å². The van der Waals surface area contributed by atoms with E-state index in [9.17, 15) is 19.2 Å². The third kappa shape index (κ3) is 6.88. The van der Waals surface area contributed by atoms with Crippen LogP contribution in [-0.2, 0) is 36.9 Å². The molecule has 0 unspecified atom stereocenters. The number of esters is 1. The zero-order chi connectivity index (χ0) is 31.0. The van der Waals surface area contributed by atoms with Crippen LogP contribution in [0.1, 0.15) is 44.4 Å². The number of aromatic nitrogens is 2. The molecule has 0 spiro atoms. The largest absolute Gasteiger partial charge is 1.00 e. The lowest BCUT2D eigenvalue weighted by Gasteiger charge is -2.49. The number of fused-ring (bicyclic) bond motifs is 2. The molecule has 1 saturated heterocycles. The Bertz CT molecular complexity index is 1600. The van der Waals surface area contributed by atoms with E-state index in [1.54, 1.807) is 20.8 Å². The predicted octanol–water partition coefficient (Wildman–Crippen LogP) is 0.517. The van der Waals surface area contributed by atoms with Crippen LogP contribution >= 0.6 is 11.8 Å². The first-order chi connectivity index (χ1) is 21.1. The normalized spacial score (nSPS) is 19.1. The highest BCUT2D eigenvalue weighted by Gasteiger charge is 2.55. The van der Waals surface area contributed by atoms with Crippen molar-refractivity contribution in [2.24, 2.45) is 0 Å². The molecule has 3 amide bonds. The Kier molecular flexibility index (Phi) is 9.58. The minimum atomic E-state index is -0.845. The second-order valence-electron chi connectivity index (χ2n) is 11.8. The maximum Gasteiger partial charge on any atom is 0.408 e. The molecule has 45 heavy (non-hydrogen) atoms. The number of amides is 3. The van der Waals surface area contributed by atoms with Crippen molar-refractivity contribution in [1.82, 2.24) is 14.9 Å². The second-order valence-corrected chi connectivity index (χ2v) is 12.9. The average molecular weight is 744 g/mol. The number of carbonyl (C=O) groups excluding carboxylic acids is 4. The molecule has 6 rings (SSSR count). The summed E-state index contributed by atoms with van der Waals surface area (Å²) < 4.78 is 15.5. The fourth-order valence-corrected chi connectivity index (χ4v) is 6.87. The Labute approximate surface area is 282 Å². The molecular formula is C32H34IN5O6S. The van der Waals surface area contributed by atoms with Crippen LogP contribution in [-0.4, -0.2) is 56.2 Å². The van der Waals surface area contributed by atoms with Gasteiger partial charge in [-0.2, -0.15) is 0 Å². The Morgan fingerprint density at radius 1 is 1.04 bits per heavy atom. The number of hydrogen-bond donors (Lipinski definition) is 2. The summed E-state index contributed by atoms with van der Waals surface area (Å²) in [5.74, 6) is -0.00607. The number of rotatable bonds is 7. The van der Waals surface area contributed by atoms with Crippen molar-refractivity contribution in [2.45, 2.75) is 63.4 Å². The predicted molar refractivity (Wildman–Crippen MR) is 162 cm³/mol. The average Bonchev–Trinajstić information content (AvgIpc) is 3.39. The number of anilines is 1. The zero-order valence-electron chi connectivity index (χ0n) is 25.1. The van der Waals surface area contributed by atoms with Gasteiger partial charge >= 0.3 is 12.1 Å². The van der Waals surface area contributed by atoms with Crippen molar-refractivity contribution in [3.63, 3.8) is 0 Å². The first kappa shape index (κ1) is 32.5. The van der Waals surface area contributed by atoms with Crippen molar-refractivity contribution in [3.8, 4) is 0 Å². The molecule has 3 aromatic rings. The maximum absolute atomic E-state index is 14.2. The number of β-lactam (4-membered cyclic amide) rings is 1. The molecular weight excluding hydrogens is 709 g/mol. The summed E-state index contributed by atoms with van der Waals surface area (Å²) in [6.45, 7) is 6.04. The van der Waals surface area contributed by atoms with Gasteiger partial charge in [0.15, 0.2) is 24.7 Å². The quantitative estimate of drug-likeness (QED) is 0.157. The fourth-order valence-electron chi connectivity index (χ4n) is 5.54. The van der Waals surface area contributed by atoms with Crippen LogP contribution in [0, 0.1) is 0 Å². The van der Waals surface area contributed by atoms with Gasteiger partial charge in [-0.1, -0.05) is 60.7 Å². The van der Waals surface area contributed by atoms with Crippen LogP contribution < -0.4 is 39.3 Å². The number of halogens is 1. The monoisotopic (exact) mass is 743 g/mol. The Morgan fingerprint density at radius 3 is 2.31 bits per heavy atom. The second kappa shape index (κ2) is 13.3. The van der Waals surface area contributed by atoms with Crippen LogP contribution in [0.3, 0.4) is 0 Å². The lowest BCUT2D eigenvalue weighted by molar-refractivity contribution is -0.767. The molecule has 0 radical (unpaired) electrons. The van der Waals surface area contributed by atoms with Gasteiger partial charge in [0, 0.05) is 11.3 Å². The SMILES string of the molecule is CC(C)(C)OC(=O)N[C@@H]1C(=O)N2C(C(=O)OC(c3ccccc3)c3ccccc3)=C(C[n+]3ccc4n3CCC(=O)N4)CS[C@H]12.[I-]. The van der Waals surface area contributed by atoms with Crippen LogP contribution in [0.5, 0.6) is 0 Å². The lowest BCUT2D eigenvalue weighted by Crippen LogP contribution is -3.00. The van der Waals surface area contributed by atoms with Crippen molar-refractivity contribution in [2.75, 3.05) is 11.1 Å². The molecule has 4 heterocycles. The number of ether oxygens (including phenoxy) is 2. The van der Waals surface area contributed by atoms with Gasteiger partial charge in [0.1, 0.15) is 22.7 Å². The van der Waals surface area contributed by atoms with Gasteiger partial charge in [0.25, 0.3) is 5.91 Å². The summed E-state index contributed by atoms with van der Waals surface area (Å²) in [5, 5.41) is 5.04. The zero-order valence-corrected chi connectivity index (χ0v) is 28.0. The number of thioether (sulfide) groups is 1. The summed E-state index contributed by atoms with van der Waals surface area (Å²) in [6.07, 6.45) is 0.781. The van der Waals surface area contributed by atoms with E-state index < -0.39 is 41.1 Å². The van der Waals surface area contributed by atoms with E-state index in [-0.39, 0.29) is 35.6 Å². The number of hydrogen-bond acceptors (Lipinski definition) is 7. The summed E-state index contributed by atoms with van der Waals surface area (Å²) in [4.78, 5) is 53.7. The highest BCUT2D eigenvalue weighted by molar-refractivity contribution is 8.00. The molecule has 3 aliphatic rings. The first-order valence-corrected chi connectivity index (χ1v) is 15.5. The first-order valence-electron chi connectivity index (χ1n) is 14.5. The van der Waals surface area contributed by atoms with Gasteiger partial charge in [0.05, 0.1) is 19.0 Å². The van der Waals surface area contributed by atoms with E-state index in [1.807, 2.05) is 82.3 Å². The molecule has 1 aromatic heterocycles. The smallest absolute Gasteiger partial charge is 0.408 e. The number of carbonyl (C=O) groups is 4. The summed E-state index contributed by atoms with van der Waals surface area (Å²) in [5.41, 5.74) is 1.72. The Hall–Kier alpha value is -3.85. The van der Waals surface area contributed by atoms with E-state index in [1.165, 1.54) is 16.7 Å². The summed E-state index contributed by atoms with van der Waals surface area (Å²) >= 11 is 1.46. The van der Waals surface area contributed by atoms with Gasteiger partial charge < -0.3 is 44.1 Å². The number of benzene rings is 2. The van der Waals surface area contributed by atoms with Crippen LogP contribution in [0.15, 0.2) is 84.2 Å². The highest BCUT2D eigenvalue weighted by Crippen LogP contribution is 2.42. The number of nitrogens with zero attached hydrogens (tertiary/aromatic N) is 3. The van der Waals surface area contributed by atoms with Crippen molar-refractivity contribution < 1.29 is 57.3 Å². The molecule has 2 N–H and O–H groups in total. The number of nitrogens with one attached hydrogen (secondary N) is 2.